The summed E-state index contributed by atoms with van der Waals surface area (Å²) in [7, 11) is 0. The molecule has 0 fully saturated rings. The van der Waals surface area contributed by atoms with Gasteiger partial charge in [0.2, 0.25) is 0 Å². The lowest BCUT2D eigenvalue weighted by Gasteiger charge is -2.12. The summed E-state index contributed by atoms with van der Waals surface area (Å²) in [5.74, 6) is 1.45. The van der Waals surface area contributed by atoms with Crippen LogP contribution in [0, 0.1) is 3.57 Å². The van der Waals surface area contributed by atoms with Crippen molar-refractivity contribution in [3.8, 4) is 5.75 Å². The van der Waals surface area contributed by atoms with Crippen LogP contribution in [0.4, 0.5) is 0 Å². The van der Waals surface area contributed by atoms with E-state index in [1.165, 1.54) is 0 Å². The van der Waals surface area contributed by atoms with Gasteiger partial charge in [0, 0.05) is 25.1 Å². The molecule has 0 aromatic carbocycles. The maximum atomic E-state index is 8.87. The Kier molecular flexibility index (Phi) is 6.22. The van der Waals surface area contributed by atoms with Crippen molar-refractivity contribution in [2.75, 3.05) is 6.61 Å². The highest BCUT2D eigenvalue weighted by molar-refractivity contribution is 14.1. The van der Waals surface area contributed by atoms with E-state index in [0.29, 0.717) is 17.3 Å². The molecule has 0 unspecified atom stereocenters. The second kappa shape index (κ2) is 7.18. The lowest BCUT2D eigenvalue weighted by molar-refractivity contribution is 0.298. The van der Waals surface area contributed by atoms with Gasteiger partial charge in [-0.2, -0.15) is 0 Å². The van der Waals surface area contributed by atoms with Gasteiger partial charge in [-0.3, -0.25) is 0 Å². The van der Waals surface area contributed by atoms with Crippen molar-refractivity contribution in [3.05, 3.63) is 32.3 Å². The number of hydrogen-bond acceptors (Lipinski definition) is 3. The van der Waals surface area contributed by atoms with Gasteiger partial charge in [-0.15, -0.1) is 0 Å². The highest BCUT2D eigenvalue weighted by Gasteiger charge is 2.12. The van der Waals surface area contributed by atoms with Crippen LogP contribution in [0.2, 0.25) is 5.15 Å². The topological polar surface area (TPSA) is 42.4 Å². The zero-order valence-corrected chi connectivity index (χ0v) is 12.7. The van der Waals surface area contributed by atoms with E-state index in [1.807, 2.05) is 26.0 Å². The van der Waals surface area contributed by atoms with E-state index < -0.39 is 0 Å². The summed E-state index contributed by atoms with van der Waals surface area (Å²) < 4.78 is 6.61. The zero-order chi connectivity index (χ0) is 12.8. The van der Waals surface area contributed by atoms with Gasteiger partial charge in [0.1, 0.15) is 0 Å². The van der Waals surface area contributed by atoms with Crippen molar-refractivity contribution in [1.29, 1.82) is 0 Å². The Bertz CT molecular complexity index is 398. The minimum atomic E-state index is 0.0642. The first kappa shape index (κ1) is 14.7. The number of aliphatic hydroxyl groups excluding tert-OH is 1. The quantitative estimate of drug-likeness (QED) is 0.491. The predicted molar refractivity (Wildman–Crippen MR) is 77.4 cm³/mol. The second-order valence-corrected chi connectivity index (χ2v) is 4.92. The van der Waals surface area contributed by atoms with Gasteiger partial charge in [-0.05, 0) is 41.7 Å². The van der Waals surface area contributed by atoms with Gasteiger partial charge < -0.3 is 9.84 Å². The number of nitrogens with zero attached hydrogens (tertiary/aromatic N) is 1. The molecule has 0 radical (unpaired) electrons. The van der Waals surface area contributed by atoms with Crippen LogP contribution in [-0.2, 0) is 6.42 Å². The maximum Gasteiger partial charge on any atom is 0.177 e. The number of hydrogen-bond donors (Lipinski definition) is 1. The molecule has 1 aromatic rings. The van der Waals surface area contributed by atoms with E-state index in [9.17, 15) is 0 Å². The van der Waals surface area contributed by atoms with Crippen LogP contribution >= 0.6 is 34.2 Å². The van der Waals surface area contributed by atoms with E-state index in [-0.39, 0.29) is 6.61 Å². The van der Waals surface area contributed by atoms with E-state index in [1.54, 1.807) is 0 Å². The molecule has 0 amide bonds. The van der Waals surface area contributed by atoms with Gasteiger partial charge in [0.15, 0.2) is 10.9 Å². The van der Waals surface area contributed by atoms with Crippen molar-refractivity contribution in [2.45, 2.75) is 26.7 Å². The Labute approximate surface area is 120 Å². The van der Waals surface area contributed by atoms with Gasteiger partial charge >= 0.3 is 0 Å². The van der Waals surface area contributed by atoms with E-state index in [2.05, 4.69) is 27.6 Å². The third-order valence-electron chi connectivity index (χ3n) is 2.21. The molecule has 0 atom stereocenters. The summed E-state index contributed by atoms with van der Waals surface area (Å²) in [5.41, 5.74) is 0.771. The Morgan fingerprint density at radius 3 is 2.82 bits per heavy atom. The lowest BCUT2D eigenvalue weighted by Crippen LogP contribution is -2.01. The molecule has 1 N–H and O–H groups in total. The summed E-state index contributed by atoms with van der Waals surface area (Å²) in [6.07, 6.45) is 3.22. The fraction of sp³-hybridized carbons (Fsp3) is 0.417. The molecule has 1 heterocycles. The van der Waals surface area contributed by atoms with E-state index in [0.717, 1.165) is 21.4 Å². The van der Waals surface area contributed by atoms with Crippen molar-refractivity contribution < 1.29 is 9.84 Å². The molecule has 1 rings (SSSR count). The van der Waals surface area contributed by atoms with Gasteiger partial charge in [0.25, 0.3) is 0 Å². The molecule has 5 heteroatoms. The summed E-state index contributed by atoms with van der Waals surface area (Å²) in [5, 5.41) is 9.21. The molecule has 17 heavy (non-hydrogen) atoms. The zero-order valence-electron chi connectivity index (χ0n) is 9.83. The van der Waals surface area contributed by atoms with Crippen LogP contribution < -0.4 is 4.74 Å². The number of ether oxygens (including phenoxy) is 1. The van der Waals surface area contributed by atoms with Gasteiger partial charge in [-0.25, -0.2) is 4.98 Å². The molecule has 0 saturated carbocycles. The number of halogens is 2. The van der Waals surface area contributed by atoms with Crippen LogP contribution in [-0.4, -0.2) is 16.7 Å². The molecule has 3 nitrogen and oxygen atoms in total. The van der Waals surface area contributed by atoms with Crippen LogP contribution in [0.5, 0.6) is 5.75 Å². The molecule has 1 aromatic heterocycles. The highest BCUT2D eigenvalue weighted by Crippen LogP contribution is 2.31. The van der Waals surface area contributed by atoms with Gasteiger partial charge in [0.05, 0.1) is 9.33 Å². The Balaban J connectivity index is 3.01. The number of aromatic nitrogens is 1. The summed E-state index contributed by atoms with van der Waals surface area (Å²) >= 11 is 8.24. The molecule has 0 aliphatic carbocycles. The predicted octanol–water partition coefficient (Wildman–Crippen LogP) is 3.57. The fourth-order valence-electron chi connectivity index (χ4n) is 1.32. The molecule has 94 valence electrons. The maximum absolute atomic E-state index is 8.87. The first-order valence-corrected chi connectivity index (χ1v) is 6.86. The normalized spacial score (nSPS) is 11.7. The second-order valence-electron chi connectivity index (χ2n) is 3.40. The molecule has 0 aliphatic rings. The monoisotopic (exact) mass is 367 g/mol. The van der Waals surface area contributed by atoms with Crippen molar-refractivity contribution >= 4 is 34.2 Å². The summed E-state index contributed by atoms with van der Waals surface area (Å²) in [6, 6.07) is 1.88. The first-order chi connectivity index (χ1) is 8.12. The van der Waals surface area contributed by atoms with Crippen LogP contribution in [0.1, 0.15) is 26.0 Å². The largest absolute Gasteiger partial charge is 0.458 e. The third-order valence-corrected chi connectivity index (χ3v) is 3.27. The number of pyridine rings is 1. The number of aliphatic hydroxyl groups is 1. The lowest BCUT2D eigenvalue weighted by atomic mass is 10.3. The molecule has 0 bridgehead atoms. The van der Waals surface area contributed by atoms with E-state index >= 15 is 0 Å². The standard InChI is InChI=1S/C12H15ClINO2/c1-3-9(4-2)17-11-10(14)7-8(5-6-16)15-12(11)13/h3,7,16H,4-6H2,1-2H3. The van der Waals surface area contributed by atoms with Crippen molar-refractivity contribution in [1.82, 2.24) is 4.98 Å². The average Bonchev–Trinajstić information content (AvgIpc) is 2.29. The Morgan fingerprint density at radius 2 is 2.35 bits per heavy atom. The minimum absolute atomic E-state index is 0.0642. The highest BCUT2D eigenvalue weighted by atomic mass is 127. The van der Waals surface area contributed by atoms with Crippen molar-refractivity contribution in [2.24, 2.45) is 0 Å². The van der Waals surface area contributed by atoms with Crippen LogP contribution in [0.15, 0.2) is 17.9 Å². The average molecular weight is 368 g/mol. The Hall–Kier alpha value is -0.330. The van der Waals surface area contributed by atoms with Gasteiger partial charge in [-0.1, -0.05) is 18.5 Å². The smallest absolute Gasteiger partial charge is 0.177 e. The molecular formula is C12H15ClINO2. The third kappa shape index (κ3) is 4.12. The first-order valence-electron chi connectivity index (χ1n) is 5.41. The molecule has 0 spiro atoms. The number of rotatable bonds is 5. The van der Waals surface area contributed by atoms with Crippen molar-refractivity contribution in [3.63, 3.8) is 0 Å². The molecule has 0 saturated heterocycles. The molecular weight excluding hydrogens is 352 g/mol. The molecule has 0 aliphatic heterocycles. The minimum Gasteiger partial charge on any atom is -0.458 e. The summed E-state index contributed by atoms with van der Waals surface area (Å²) in [6.45, 7) is 4.01. The number of allylic oxidation sites excluding steroid dienone is 2. The van der Waals surface area contributed by atoms with Crippen LogP contribution in [0.3, 0.4) is 0 Å². The SMILES string of the molecule is CC=C(CC)Oc1c(I)cc(CCO)nc1Cl. The van der Waals surface area contributed by atoms with Crippen LogP contribution in [0.25, 0.3) is 0 Å². The fourth-order valence-corrected chi connectivity index (χ4v) is 2.45. The van der Waals surface area contributed by atoms with E-state index in [4.69, 9.17) is 21.4 Å². The Morgan fingerprint density at radius 1 is 1.65 bits per heavy atom. The summed E-state index contributed by atoms with van der Waals surface area (Å²) in [4.78, 5) is 4.19.